The number of rotatable bonds is 6. The first-order valence-corrected chi connectivity index (χ1v) is 11.6. The van der Waals surface area contributed by atoms with Crippen LogP contribution in [0.3, 0.4) is 0 Å². The monoisotopic (exact) mass is 417 g/mol. The number of imidazole rings is 1. The number of hydrogen-bond acceptors (Lipinski definition) is 7. The molecule has 0 spiro atoms. The van der Waals surface area contributed by atoms with Gasteiger partial charge >= 0.3 is 0 Å². The molecule has 0 saturated carbocycles. The van der Waals surface area contributed by atoms with Crippen LogP contribution in [-0.4, -0.2) is 30.2 Å². The van der Waals surface area contributed by atoms with Crippen LogP contribution in [0.4, 0.5) is 5.69 Å². The fourth-order valence-electron chi connectivity index (χ4n) is 2.87. The van der Waals surface area contributed by atoms with Gasteiger partial charge in [-0.05, 0) is 30.6 Å². The molecule has 0 aromatic carbocycles. The van der Waals surface area contributed by atoms with Gasteiger partial charge < -0.3 is 15.3 Å². The number of fused-ring (bicyclic) bond motifs is 1. The highest BCUT2D eigenvalue weighted by molar-refractivity contribution is 7.93. The number of H-pyrrole nitrogens is 1. The predicted molar refractivity (Wildman–Crippen MR) is 114 cm³/mol. The Morgan fingerprint density at radius 3 is 2.85 bits per heavy atom. The van der Waals surface area contributed by atoms with Crippen LogP contribution < -0.4 is 5.73 Å². The van der Waals surface area contributed by atoms with Crippen molar-refractivity contribution in [1.29, 1.82) is 0 Å². The summed E-state index contributed by atoms with van der Waals surface area (Å²) in [6, 6.07) is 1.98. The van der Waals surface area contributed by atoms with Crippen molar-refractivity contribution in [3.63, 3.8) is 0 Å². The zero-order valence-corrected chi connectivity index (χ0v) is 17.4. The molecular formula is C18H19N5OS3. The quantitative estimate of drug-likeness (QED) is 0.446. The van der Waals surface area contributed by atoms with Crippen LogP contribution in [0.1, 0.15) is 25.6 Å². The summed E-state index contributed by atoms with van der Waals surface area (Å²) in [5.74, 6) is 1.44. The minimum Gasteiger partial charge on any atom is -0.611 e. The number of hydrogen-bond donors (Lipinski definition) is 2. The van der Waals surface area contributed by atoms with Gasteiger partial charge in [-0.2, -0.15) is 0 Å². The molecule has 4 heterocycles. The van der Waals surface area contributed by atoms with Gasteiger partial charge in [0.15, 0.2) is 0 Å². The maximum Gasteiger partial charge on any atom is 0.232 e. The molecule has 6 nitrogen and oxygen atoms in total. The zero-order chi connectivity index (χ0) is 19.0. The normalized spacial score (nSPS) is 12.7. The number of thiophene rings is 1. The SMILES string of the molecule is CCCC[S+]([O-])c1sc2nc(-c3nccs3)cc(-c3cnc(C)[nH]3)c2c1N. The lowest BCUT2D eigenvalue weighted by molar-refractivity contribution is 0.594. The maximum absolute atomic E-state index is 12.7. The molecule has 0 amide bonds. The highest BCUT2D eigenvalue weighted by Crippen LogP contribution is 2.43. The van der Waals surface area contributed by atoms with E-state index in [1.807, 2.05) is 18.4 Å². The first-order chi connectivity index (χ1) is 13.1. The number of thiazole rings is 1. The molecule has 0 aliphatic carbocycles. The Kier molecular flexibility index (Phi) is 5.18. The van der Waals surface area contributed by atoms with Gasteiger partial charge in [0.25, 0.3) is 0 Å². The van der Waals surface area contributed by atoms with E-state index in [1.54, 1.807) is 12.4 Å². The minimum atomic E-state index is -1.12. The lowest BCUT2D eigenvalue weighted by Crippen LogP contribution is -2.06. The summed E-state index contributed by atoms with van der Waals surface area (Å²) in [6.45, 7) is 4.00. The second-order valence-corrected chi connectivity index (χ2v) is 9.82. The van der Waals surface area contributed by atoms with E-state index in [2.05, 4.69) is 21.9 Å². The van der Waals surface area contributed by atoms with Crippen molar-refractivity contribution >= 4 is 49.8 Å². The Balaban J connectivity index is 1.93. The molecule has 3 N–H and O–H groups in total. The van der Waals surface area contributed by atoms with Gasteiger partial charge in [0.05, 0.1) is 11.9 Å². The van der Waals surface area contributed by atoms with Crippen molar-refractivity contribution in [2.24, 2.45) is 0 Å². The van der Waals surface area contributed by atoms with E-state index in [-0.39, 0.29) is 0 Å². The van der Waals surface area contributed by atoms with Crippen molar-refractivity contribution in [1.82, 2.24) is 19.9 Å². The molecule has 27 heavy (non-hydrogen) atoms. The molecule has 9 heteroatoms. The summed E-state index contributed by atoms with van der Waals surface area (Å²) in [5, 5.41) is 3.61. The minimum absolute atomic E-state index is 0.560. The Bertz CT molecular complexity index is 1070. The average Bonchev–Trinajstić information content (AvgIpc) is 3.39. The zero-order valence-electron chi connectivity index (χ0n) is 15.0. The Morgan fingerprint density at radius 1 is 1.33 bits per heavy atom. The molecule has 0 fully saturated rings. The molecule has 4 rings (SSSR count). The fourth-order valence-corrected chi connectivity index (χ4v) is 6.26. The molecule has 0 saturated heterocycles. The maximum atomic E-state index is 12.7. The van der Waals surface area contributed by atoms with Crippen molar-refractivity contribution in [3.05, 3.63) is 29.7 Å². The average molecular weight is 418 g/mol. The van der Waals surface area contributed by atoms with Gasteiger partial charge in [0, 0.05) is 22.5 Å². The van der Waals surface area contributed by atoms with E-state index in [1.165, 1.54) is 22.7 Å². The van der Waals surface area contributed by atoms with E-state index in [0.29, 0.717) is 15.6 Å². The third kappa shape index (κ3) is 3.47. The molecule has 1 unspecified atom stereocenters. The number of aromatic amines is 1. The third-order valence-corrected chi connectivity index (χ3v) is 7.99. The van der Waals surface area contributed by atoms with Gasteiger partial charge in [-0.3, -0.25) is 0 Å². The number of pyridine rings is 1. The molecule has 4 aromatic heterocycles. The summed E-state index contributed by atoms with van der Waals surface area (Å²) in [7, 11) is 0. The van der Waals surface area contributed by atoms with Crippen LogP contribution in [0.15, 0.2) is 28.0 Å². The van der Waals surface area contributed by atoms with Gasteiger partial charge in [-0.15, -0.1) is 11.3 Å². The summed E-state index contributed by atoms with van der Waals surface area (Å²) >= 11 is 1.84. The predicted octanol–water partition coefficient (Wildman–Crippen LogP) is 4.61. The smallest absolute Gasteiger partial charge is 0.232 e. The van der Waals surface area contributed by atoms with Crippen LogP contribution in [0.2, 0.25) is 0 Å². The third-order valence-electron chi connectivity index (χ3n) is 4.20. The van der Waals surface area contributed by atoms with Crippen LogP contribution in [-0.2, 0) is 11.2 Å². The van der Waals surface area contributed by atoms with Gasteiger partial charge in [-0.1, -0.05) is 24.7 Å². The second kappa shape index (κ2) is 7.59. The fraction of sp³-hybridized carbons (Fsp3) is 0.278. The molecular weight excluding hydrogens is 398 g/mol. The van der Waals surface area contributed by atoms with Gasteiger partial charge in [0.2, 0.25) is 4.21 Å². The van der Waals surface area contributed by atoms with Gasteiger partial charge in [-0.25, -0.2) is 15.0 Å². The number of aryl methyl sites for hydroxylation is 1. The van der Waals surface area contributed by atoms with Crippen molar-refractivity contribution in [3.8, 4) is 22.0 Å². The van der Waals surface area contributed by atoms with Crippen molar-refractivity contribution < 1.29 is 4.55 Å². The largest absolute Gasteiger partial charge is 0.611 e. The topological polar surface area (TPSA) is 104 Å². The molecule has 1 atom stereocenters. The Hall–Kier alpha value is -1.94. The lowest BCUT2D eigenvalue weighted by Gasteiger charge is -2.08. The van der Waals surface area contributed by atoms with Crippen molar-refractivity contribution in [2.75, 3.05) is 11.5 Å². The van der Waals surface area contributed by atoms with E-state index in [9.17, 15) is 4.55 Å². The summed E-state index contributed by atoms with van der Waals surface area (Å²) in [5.41, 5.74) is 9.58. The second-order valence-electron chi connectivity index (χ2n) is 6.16. The Morgan fingerprint density at radius 2 is 2.19 bits per heavy atom. The molecule has 140 valence electrons. The van der Waals surface area contributed by atoms with Crippen LogP contribution >= 0.6 is 22.7 Å². The number of nitrogens with one attached hydrogen (secondary N) is 1. The highest BCUT2D eigenvalue weighted by atomic mass is 32.2. The van der Waals surface area contributed by atoms with Crippen LogP contribution in [0.5, 0.6) is 0 Å². The number of nitrogen functional groups attached to an aromatic ring is 1. The first kappa shape index (κ1) is 18.4. The van der Waals surface area contributed by atoms with Crippen LogP contribution in [0, 0.1) is 6.92 Å². The standard InChI is InChI=1S/C18H19N5OS3/c1-3-4-7-27(24)18-15(19)14-11(13-9-21-10(2)22-13)8-12(23-17(14)26-18)16-20-5-6-25-16/h5-6,8-9H,3-4,7,19H2,1-2H3,(H,21,22). The summed E-state index contributed by atoms with van der Waals surface area (Å²) in [4.78, 5) is 17.5. The molecule has 0 bridgehead atoms. The number of nitrogens with two attached hydrogens (primary N) is 1. The van der Waals surface area contributed by atoms with E-state index < -0.39 is 11.2 Å². The number of anilines is 1. The summed E-state index contributed by atoms with van der Waals surface area (Å²) in [6.07, 6.45) is 5.47. The highest BCUT2D eigenvalue weighted by Gasteiger charge is 2.25. The number of aromatic nitrogens is 4. The molecule has 4 aromatic rings. The molecule has 0 aliphatic heterocycles. The van der Waals surface area contributed by atoms with Gasteiger partial charge in [0.1, 0.15) is 32.8 Å². The van der Waals surface area contributed by atoms with E-state index in [4.69, 9.17) is 10.7 Å². The van der Waals surface area contributed by atoms with E-state index in [0.717, 1.165) is 50.8 Å². The number of unbranched alkanes of at least 4 members (excludes halogenated alkanes) is 1. The summed E-state index contributed by atoms with van der Waals surface area (Å²) < 4.78 is 13.5. The molecule has 0 radical (unpaired) electrons. The van der Waals surface area contributed by atoms with Crippen molar-refractivity contribution in [2.45, 2.75) is 30.9 Å². The van der Waals surface area contributed by atoms with E-state index >= 15 is 0 Å². The number of nitrogens with zero attached hydrogens (tertiary/aromatic N) is 3. The van der Waals surface area contributed by atoms with Crippen LogP contribution in [0.25, 0.3) is 32.2 Å². The molecule has 0 aliphatic rings. The Labute approximate surface area is 168 Å². The lowest BCUT2D eigenvalue weighted by atomic mass is 10.1. The first-order valence-electron chi connectivity index (χ1n) is 8.61.